The Balaban J connectivity index is 0.000000222. The fraction of sp³-hybridized carbons (Fsp3) is 0.0500. The molecule has 44 heavy (non-hydrogen) atoms. The molecule has 0 aliphatic rings. The summed E-state index contributed by atoms with van der Waals surface area (Å²) in [5.74, 6) is 0. The monoisotopic (exact) mass is 745 g/mol. The number of hydrogen-bond acceptors (Lipinski definition) is 3. The van der Waals surface area contributed by atoms with Crippen LogP contribution in [0.5, 0.6) is 0 Å². The summed E-state index contributed by atoms with van der Waals surface area (Å²) in [6.07, 6.45) is 3.74. The number of hydrogen-bond donors (Lipinski definition) is 0. The second-order valence-corrected chi connectivity index (χ2v) is 10.6. The molecule has 215 valence electrons. The van der Waals surface area contributed by atoms with Gasteiger partial charge in [-0.25, -0.2) is 0 Å². The van der Waals surface area contributed by atoms with Crippen molar-refractivity contribution in [3.8, 4) is 33.6 Å². The number of furan rings is 1. The number of nitrogens with zero attached hydrogens (tertiary/aromatic N) is 2. The largest absolute Gasteiger partial charge is 0.501 e. The number of aryl methyl sites for hydroxylation is 2. The molecule has 1 radical (unpaired) electrons. The van der Waals surface area contributed by atoms with E-state index in [1.807, 2.05) is 72.9 Å². The zero-order valence-electron chi connectivity index (χ0n) is 24.3. The van der Waals surface area contributed by atoms with Crippen molar-refractivity contribution in [2.75, 3.05) is 0 Å². The minimum atomic E-state index is 0. The zero-order chi connectivity index (χ0) is 29.2. The minimum absolute atomic E-state index is 0. The van der Waals surface area contributed by atoms with Crippen LogP contribution in [-0.2, 0) is 20.1 Å². The molecule has 4 heteroatoms. The van der Waals surface area contributed by atoms with Crippen LogP contribution in [0.15, 0.2) is 138 Å². The number of para-hydroxylation sites is 1. The van der Waals surface area contributed by atoms with Crippen LogP contribution in [0, 0.1) is 26.0 Å². The van der Waals surface area contributed by atoms with Crippen molar-refractivity contribution in [1.29, 1.82) is 0 Å². The Labute approximate surface area is 270 Å². The Hall–Kier alpha value is -4.89. The SMILES string of the molecule is Cc1cnc(-c2[c-]ccc3c2oc2ccccc23)cc1-c1cc2ccccc2cc1C.[Ir].[c-]1ccccc1-c1ccccn1. The Morgan fingerprint density at radius 1 is 0.591 bits per heavy atom. The molecule has 0 saturated carbocycles. The van der Waals surface area contributed by atoms with Crippen LogP contribution in [0.4, 0.5) is 0 Å². The predicted octanol–water partition coefficient (Wildman–Crippen LogP) is 10.4. The zero-order valence-corrected chi connectivity index (χ0v) is 26.7. The van der Waals surface area contributed by atoms with Gasteiger partial charge < -0.3 is 14.4 Å². The van der Waals surface area contributed by atoms with Crippen molar-refractivity contribution in [3.63, 3.8) is 0 Å². The standard InChI is InChI=1S/C29H20NO.C11H8N.Ir/c1-18-14-20-8-3-4-9-21(20)15-25(18)26-16-27(30-17-19(26)2)24-12-7-11-23-22-10-5-6-13-28(22)31-29(23)24;1-2-6-10(7-3-1)11-8-4-5-9-12-11;/h3-11,13-17H,1-2H3;1-6,8-9H;/q2*-1;. The van der Waals surface area contributed by atoms with E-state index in [4.69, 9.17) is 9.40 Å². The molecule has 8 aromatic rings. The molecular formula is C40H28IrN2O-2. The molecule has 0 atom stereocenters. The maximum Gasteiger partial charge on any atom is 0.120 e. The van der Waals surface area contributed by atoms with E-state index in [1.165, 1.54) is 27.5 Å². The molecule has 3 nitrogen and oxygen atoms in total. The molecular weight excluding hydrogens is 717 g/mol. The first-order valence-corrected chi connectivity index (χ1v) is 14.3. The molecule has 8 rings (SSSR count). The summed E-state index contributed by atoms with van der Waals surface area (Å²) in [6, 6.07) is 47.6. The van der Waals surface area contributed by atoms with Gasteiger partial charge in [-0.05, 0) is 76.5 Å². The molecule has 0 N–H and O–H groups in total. The Bertz CT molecular complexity index is 2170. The molecule has 0 unspecified atom stereocenters. The molecule has 0 amide bonds. The number of rotatable bonds is 3. The van der Waals surface area contributed by atoms with Crippen LogP contribution < -0.4 is 0 Å². The quantitative estimate of drug-likeness (QED) is 0.169. The van der Waals surface area contributed by atoms with E-state index in [0.29, 0.717) is 0 Å². The second-order valence-electron chi connectivity index (χ2n) is 10.6. The summed E-state index contributed by atoms with van der Waals surface area (Å²) in [4.78, 5) is 8.97. The predicted molar refractivity (Wildman–Crippen MR) is 177 cm³/mol. The van der Waals surface area contributed by atoms with Crippen molar-refractivity contribution < 1.29 is 24.5 Å². The normalized spacial score (nSPS) is 10.8. The summed E-state index contributed by atoms with van der Waals surface area (Å²) in [5, 5.41) is 4.71. The average Bonchev–Trinajstić information content (AvgIpc) is 3.45. The van der Waals surface area contributed by atoms with Gasteiger partial charge in [-0.2, -0.15) is 0 Å². The summed E-state index contributed by atoms with van der Waals surface area (Å²) < 4.78 is 6.22. The van der Waals surface area contributed by atoms with E-state index in [2.05, 4.69) is 85.6 Å². The Kier molecular flexibility index (Phi) is 8.47. The Morgan fingerprint density at radius 2 is 1.34 bits per heavy atom. The van der Waals surface area contributed by atoms with Gasteiger partial charge in [-0.15, -0.1) is 54.1 Å². The first-order chi connectivity index (χ1) is 21.2. The van der Waals surface area contributed by atoms with Gasteiger partial charge in [0.2, 0.25) is 0 Å². The maximum absolute atomic E-state index is 6.22. The fourth-order valence-electron chi connectivity index (χ4n) is 5.55. The number of pyridine rings is 2. The summed E-state index contributed by atoms with van der Waals surface area (Å²) >= 11 is 0. The molecule has 0 aliphatic heterocycles. The first kappa shape index (κ1) is 29.2. The third-order valence-corrected chi connectivity index (χ3v) is 7.73. The molecule has 0 fully saturated rings. The molecule has 0 spiro atoms. The molecule has 0 aliphatic carbocycles. The summed E-state index contributed by atoms with van der Waals surface area (Å²) in [5.41, 5.74) is 10.3. The van der Waals surface area contributed by atoms with Crippen LogP contribution in [0.25, 0.3) is 66.4 Å². The van der Waals surface area contributed by atoms with Gasteiger partial charge in [-0.3, -0.25) is 0 Å². The van der Waals surface area contributed by atoms with Crippen LogP contribution >= 0.6 is 0 Å². The molecule has 3 aromatic heterocycles. The number of benzene rings is 5. The van der Waals surface area contributed by atoms with Gasteiger partial charge in [0, 0.05) is 37.9 Å². The van der Waals surface area contributed by atoms with Crippen molar-refractivity contribution in [1.82, 2.24) is 9.97 Å². The third kappa shape index (κ3) is 5.70. The molecule has 0 saturated heterocycles. The molecule has 0 bridgehead atoms. The van der Waals surface area contributed by atoms with Gasteiger partial charge in [0.25, 0.3) is 0 Å². The van der Waals surface area contributed by atoms with E-state index in [1.54, 1.807) is 6.20 Å². The van der Waals surface area contributed by atoms with Gasteiger partial charge in [0.05, 0.1) is 5.58 Å². The van der Waals surface area contributed by atoms with E-state index < -0.39 is 0 Å². The van der Waals surface area contributed by atoms with Gasteiger partial charge in [0.1, 0.15) is 5.58 Å². The minimum Gasteiger partial charge on any atom is -0.501 e. The number of aromatic nitrogens is 2. The smallest absolute Gasteiger partial charge is 0.120 e. The second kappa shape index (κ2) is 12.8. The van der Waals surface area contributed by atoms with Crippen molar-refractivity contribution in [2.45, 2.75) is 13.8 Å². The van der Waals surface area contributed by atoms with Gasteiger partial charge >= 0.3 is 0 Å². The van der Waals surface area contributed by atoms with Crippen molar-refractivity contribution in [3.05, 3.63) is 157 Å². The maximum atomic E-state index is 6.22. The average molecular weight is 745 g/mol. The van der Waals surface area contributed by atoms with Crippen LogP contribution in [0.1, 0.15) is 11.1 Å². The fourth-order valence-corrected chi connectivity index (χ4v) is 5.55. The van der Waals surface area contributed by atoms with Gasteiger partial charge in [0.15, 0.2) is 0 Å². The molecule has 3 heterocycles. The topological polar surface area (TPSA) is 38.9 Å². The van der Waals surface area contributed by atoms with E-state index >= 15 is 0 Å². The first-order valence-electron chi connectivity index (χ1n) is 14.3. The Morgan fingerprint density at radius 3 is 2.14 bits per heavy atom. The van der Waals surface area contributed by atoms with Crippen LogP contribution in [-0.4, -0.2) is 9.97 Å². The summed E-state index contributed by atoms with van der Waals surface area (Å²) in [6.45, 7) is 4.29. The van der Waals surface area contributed by atoms with E-state index in [-0.39, 0.29) is 20.1 Å². The van der Waals surface area contributed by atoms with Gasteiger partial charge in [-0.1, -0.05) is 77.7 Å². The number of fused-ring (bicyclic) bond motifs is 4. The third-order valence-electron chi connectivity index (χ3n) is 7.73. The summed E-state index contributed by atoms with van der Waals surface area (Å²) in [7, 11) is 0. The van der Waals surface area contributed by atoms with Crippen molar-refractivity contribution >= 4 is 32.7 Å². The van der Waals surface area contributed by atoms with Crippen LogP contribution in [0.3, 0.4) is 0 Å². The van der Waals surface area contributed by atoms with Crippen LogP contribution in [0.2, 0.25) is 0 Å². The van der Waals surface area contributed by atoms with Crippen molar-refractivity contribution in [2.24, 2.45) is 0 Å². The van der Waals surface area contributed by atoms with E-state index in [0.717, 1.165) is 50.0 Å². The molecule has 5 aromatic carbocycles. The van der Waals surface area contributed by atoms with E-state index in [9.17, 15) is 0 Å².